The van der Waals surface area contributed by atoms with Crippen LogP contribution in [-0.2, 0) is 16.5 Å². The molecule has 1 aromatic carbocycles. The van der Waals surface area contributed by atoms with E-state index in [0.717, 1.165) is 25.2 Å². The molecule has 0 bridgehead atoms. The average molecular weight is 359 g/mol. The number of hydrogen-bond acceptors (Lipinski definition) is 4. The summed E-state index contributed by atoms with van der Waals surface area (Å²) >= 11 is 0. The molecule has 6 nitrogen and oxygen atoms in total. The Morgan fingerprint density at radius 3 is 2.46 bits per heavy atom. The number of benzene rings is 1. The molecule has 138 valence electrons. The summed E-state index contributed by atoms with van der Waals surface area (Å²) in [6.07, 6.45) is 2.29. The quantitative estimate of drug-likeness (QED) is 0.827. The summed E-state index contributed by atoms with van der Waals surface area (Å²) in [6, 6.07) is 7.86. The zero-order valence-corrected chi connectivity index (χ0v) is 14.8. The van der Waals surface area contributed by atoms with E-state index in [9.17, 15) is 9.18 Å². The molecule has 2 aliphatic heterocycles. The molecule has 4 rings (SSSR count). The third-order valence-electron chi connectivity index (χ3n) is 5.07. The Balaban J connectivity index is 1.48. The Hall–Kier alpha value is -2.25. The van der Waals surface area contributed by atoms with Gasteiger partial charge in [0.2, 0.25) is 0 Å². The Kier molecular flexibility index (Phi) is 4.50. The Morgan fingerprint density at radius 2 is 1.81 bits per heavy atom. The van der Waals surface area contributed by atoms with Crippen molar-refractivity contribution < 1.29 is 18.7 Å². The van der Waals surface area contributed by atoms with Crippen LogP contribution in [0.2, 0.25) is 0 Å². The number of amides is 1. The number of likely N-dealkylation sites (tertiary alicyclic amines) is 1. The first-order valence-electron chi connectivity index (χ1n) is 8.94. The van der Waals surface area contributed by atoms with Crippen LogP contribution in [0.15, 0.2) is 30.3 Å². The molecule has 0 radical (unpaired) electrons. The second-order valence-electron chi connectivity index (χ2n) is 6.80. The standard InChI is InChI=1S/C19H22FN3O3/c1-22-17(13-16(21-22)14-3-5-15(20)6-4-14)18(24)23-9-7-19(8-10-23)25-11-2-12-26-19/h3-6,13H,2,7-12H2,1H3. The topological polar surface area (TPSA) is 56.6 Å². The lowest BCUT2D eigenvalue weighted by molar-refractivity contribution is -0.281. The number of ether oxygens (including phenoxy) is 2. The number of carbonyl (C=O) groups is 1. The maximum Gasteiger partial charge on any atom is 0.272 e. The number of carbonyl (C=O) groups excluding carboxylic acids is 1. The van der Waals surface area contributed by atoms with Gasteiger partial charge in [-0.05, 0) is 36.8 Å². The zero-order chi connectivity index (χ0) is 18.1. The molecule has 0 saturated carbocycles. The highest BCUT2D eigenvalue weighted by molar-refractivity contribution is 5.93. The molecule has 1 spiro atoms. The number of aryl methyl sites for hydroxylation is 1. The Morgan fingerprint density at radius 1 is 1.15 bits per heavy atom. The maximum atomic E-state index is 13.1. The van der Waals surface area contributed by atoms with Crippen molar-refractivity contribution in [2.24, 2.45) is 7.05 Å². The van der Waals surface area contributed by atoms with Crippen molar-refractivity contribution in [3.05, 3.63) is 41.8 Å². The average Bonchev–Trinajstić information content (AvgIpc) is 3.05. The molecule has 0 unspecified atom stereocenters. The van der Waals surface area contributed by atoms with Crippen LogP contribution in [0.25, 0.3) is 11.3 Å². The van der Waals surface area contributed by atoms with Crippen molar-refractivity contribution >= 4 is 5.91 Å². The summed E-state index contributed by atoms with van der Waals surface area (Å²) in [5.41, 5.74) is 1.96. The predicted molar refractivity (Wildman–Crippen MR) is 93.0 cm³/mol. The van der Waals surface area contributed by atoms with Gasteiger partial charge in [0.15, 0.2) is 5.79 Å². The van der Waals surface area contributed by atoms with E-state index in [4.69, 9.17) is 9.47 Å². The van der Waals surface area contributed by atoms with Crippen molar-refractivity contribution in [3.8, 4) is 11.3 Å². The highest BCUT2D eigenvalue weighted by Crippen LogP contribution is 2.31. The van der Waals surface area contributed by atoms with E-state index < -0.39 is 5.79 Å². The highest BCUT2D eigenvalue weighted by Gasteiger charge is 2.39. The summed E-state index contributed by atoms with van der Waals surface area (Å²) in [7, 11) is 1.75. The van der Waals surface area contributed by atoms with Gasteiger partial charge < -0.3 is 14.4 Å². The van der Waals surface area contributed by atoms with Crippen molar-refractivity contribution in [1.82, 2.24) is 14.7 Å². The van der Waals surface area contributed by atoms with Gasteiger partial charge in [0.1, 0.15) is 11.5 Å². The number of nitrogens with zero attached hydrogens (tertiary/aromatic N) is 3. The first-order valence-corrected chi connectivity index (χ1v) is 8.94. The van der Waals surface area contributed by atoms with Gasteiger partial charge in [-0.3, -0.25) is 9.48 Å². The molecule has 1 aromatic heterocycles. The van der Waals surface area contributed by atoms with Crippen molar-refractivity contribution in [1.29, 1.82) is 0 Å². The van der Waals surface area contributed by atoms with Gasteiger partial charge >= 0.3 is 0 Å². The van der Waals surface area contributed by atoms with Crippen LogP contribution >= 0.6 is 0 Å². The summed E-state index contributed by atoms with van der Waals surface area (Å²) in [5, 5.41) is 4.41. The molecule has 0 N–H and O–H groups in total. The van der Waals surface area contributed by atoms with Crippen molar-refractivity contribution in [2.75, 3.05) is 26.3 Å². The van der Waals surface area contributed by atoms with Crippen LogP contribution in [0.3, 0.4) is 0 Å². The van der Waals surface area contributed by atoms with Gasteiger partial charge in [-0.1, -0.05) is 0 Å². The van der Waals surface area contributed by atoms with Crippen LogP contribution in [-0.4, -0.2) is 52.7 Å². The molecule has 2 aromatic rings. The zero-order valence-electron chi connectivity index (χ0n) is 14.8. The van der Waals surface area contributed by atoms with Gasteiger partial charge in [0, 0.05) is 38.5 Å². The predicted octanol–water partition coefficient (Wildman–Crippen LogP) is 2.60. The van der Waals surface area contributed by atoms with E-state index in [-0.39, 0.29) is 11.7 Å². The van der Waals surface area contributed by atoms with E-state index in [2.05, 4.69) is 5.10 Å². The SMILES string of the molecule is Cn1nc(-c2ccc(F)cc2)cc1C(=O)N1CCC2(CC1)OCCCO2. The minimum atomic E-state index is -0.513. The lowest BCUT2D eigenvalue weighted by atomic mass is 10.0. The largest absolute Gasteiger partial charge is 0.350 e. The van der Waals surface area contributed by atoms with Crippen LogP contribution < -0.4 is 0 Å². The number of halogens is 1. The molecule has 3 heterocycles. The summed E-state index contributed by atoms with van der Waals surface area (Å²) < 4.78 is 26.3. The third-order valence-corrected chi connectivity index (χ3v) is 5.07. The van der Waals surface area contributed by atoms with Gasteiger partial charge in [-0.2, -0.15) is 5.10 Å². The highest BCUT2D eigenvalue weighted by atomic mass is 19.1. The third kappa shape index (κ3) is 3.24. The van der Waals surface area contributed by atoms with E-state index in [1.165, 1.54) is 12.1 Å². The molecule has 2 aliphatic rings. The number of hydrogen-bond donors (Lipinski definition) is 0. The minimum Gasteiger partial charge on any atom is -0.350 e. The van der Waals surface area contributed by atoms with Gasteiger partial charge in [0.25, 0.3) is 5.91 Å². The molecule has 7 heteroatoms. The fourth-order valence-electron chi connectivity index (χ4n) is 3.55. The van der Waals surface area contributed by atoms with Crippen LogP contribution in [0.4, 0.5) is 4.39 Å². The molecular formula is C19H22FN3O3. The summed E-state index contributed by atoms with van der Waals surface area (Å²) in [6.45, 7) is 2.62. The van der Waals surface area contributed by atoms with E-state index in [1.54, 1.807) is 29.9 Å². The summed E-state index contributed by atoms with van der Waals surface area (Å²) in [4.78, 5) is 14.7. The van der Waals surface area contributed by atoms with E-state index >= 15 is 0 Å². The summed E-state index contributed by atoms with van der Waals surface area (Å²) in [5.74, 6) is -0.866. The van der Waals surface area contributed by atoms with E-state index in [1.807, 2.05) is 4.90 Å². The second-order valence-corrected chi connectivity index (χ2v) is 6.80. The Labute approximate surface area is 151 Å². The fourth-order valence-corrected chi connectivity index (χ4v) is 3.55. The monoisotopic (exact) mass is 359 g/mol. The van der Waals surface area contributed by atoms with Crippen LogP contribution in [0.5, 0.6) is 0 Å². The van der Waals surface area contributed by atoms with Crippen molar-refractivity contribution in [2.45, 2.75) is 25.0 Å². The lowest BCUT2D eigenvalue weighted by Crippen LogP contribution is -2.51. The van der Waals surface area contributed by atoms with Crippen LogP contribution in [0, 0.1) is 5.82 Å². The maximum absolute atomic E-state index is 13.1. The smallest absolute Gasteiger partial charge is 0.272 e. The number of piperidine rings is 1. The lowest BCUT2D eigenvalue weighted by Gasteiger charge is -2.43. The van der Waals surface area contributed by atoms with E-state index in [0.29, 0.717) is 37.3 Å². The normalized spacial score (nSPS) is 19.7. The first kappa shape index (κ1) is 17.2. The number of rotatable bonds is 2. The molecular weight excluding hydrogens is 337 g/mol. The van der Waals surface area contributed by atoms with Crippen LogP contribution in [0.1, 0.15) is 29.8 Å². The Bertz CT molecular complexity index is 787. The molecule has 0 atom stereocenters. The molecule has 2 fully saturated rings. The van der Waals surface area contributed by atoms with Gasteiger partial charge in [-0.25, -0.2) is 4.39 Å². The van der Waals surface area contributed by atoms with Gasteiger partial charge in [-0.15, -0.1) is 0 Å². The fraction of sp³-hybridized carbons (Fsp3) is 0.474. The second kappa shape index (κ2) is 6.81. The number of aromatic nitrogens is 2. The van der Waals surface area contributed by atoms with Crippen molar-refractivity contribution in [3.63, 3.8) is 0 Å². The van der Waals surface area contributed by atoms with Gasteiger partial charge in [0.05, 0.1) is 18.9 Å². The molecule has 1 amide bonds. The first-order chi connectivity index (χ1) is 12.6. The molecule has 0 aliphatic carbocycles. The molecule has 2 saturated heterocycles. The molecule has 26 heavy (non-hydrogen) atoms. The minimum absolute atomic E-state index is 0.0565.